The van der Waals surface area contributed by atoms with E-state index in [0.29, 0.717) is 25.1 Å². The molecule has 0 saturated carbocycles. The average molecular weight is 580 g/mol. The van der Waals surface area contributed by atoms with Gasteiger partial charge in [-0.1, -0.05) is 66.7 Å². The molecule has 1 heterocycles. The molecule has 1 aliphatic heterocycles. The Hall–Kier alpha value is -3.21. The maximum absolute atomic E-state index is 12.0. The zero-order valence-corrected chi connectivity index (χ0v) is 23.7. The summed E-state index contributed by atoms with van der Waals surface area (Å²) in [5.74, 6) is 0.350. The minimum atomic E-state index is -0.900. The molecule has 0 spiro atoms. The third kappa shape index (κ3) is 9.41. The molecule has 0 aliphatic carbocycles. The fourth-order valence-corrected chi connectivity index (χ4v) is 5.46. The first-order valence-electron chi connectivity index (χ1n) is 13.8. The largest absolute Gasteiger partial charge is 0.481 e. The average Bonchev–Trinajstić information content (AvgIpc) is 3.00. The summed E-state index contributed by atoms with van der Waals surface area (Å²) in [4.78, 5) is 22.7. The van der Waals surface area contributed by atoms with Crippen molar-refractivity contribution >= 4 is 23.6 Å². The van der Waals surface area contributed by atoms with Gasteiger partial charge < -0.3 is 30.1 Å². The lowest BCUT2D eigenvalue weighted by molar-refractivity contribution is -0.245. The van der Waals surface area contributed by atoms with Crippen LogP contribution in [0, 0.1) is 0 Å². The molecule has 8 nitrogen and oxygen atoms in total. The maximum atomic E-state index is 12.0. The van der Waals surface area contributed by atoms with Crippen LogP contribution in [0.25, 0.3) is 11.1 Å². The molecule has 218 valence electrons. The van der Waals surface area contributed by atoms with Crippen LogP contribution >= 0.6 is 11.8 Å². The quantitative estimate of drug-likeness (QED) is 0.197. The number of carboxylic acids is 1. The van der Waals surface area contributed by atoms with Crippen LogP contribution in [-0.4, -0.2) is 51.4 Å². The van der Waals surface area contributed by atoms with E-state index in [-0.39, 0.29) is 44.2 Å². The summed E-state index contributed by atoms with van der Waals surface area (Å²) in [6.07, 6.45) is 0.463. The molecule has 1 aliphatic rings. The van der Waals surface area contributed by atoms with E-state index >= 15 is 0 Å². The van der Waals surface area contributed by atoms with Crippen molar-refractivity contribution in [2.24, 2.45) is 0 Å². The van der Waals surface area contributed by atoms with Gasteiger partial charge in [0.2, 0.25) is 5.91 Å². The number of amides is 1. The van der Waals surface area contributed by atoms with Gasteiger partial charge in [0.25, 0.3) is 0 Å². The van der Waals surface area contributed by atoms with Gasteiger partial charge >= 0.3 is 5.97 Å². The van der Waals surface area contributed by atoms with Crippen LogP contribution in [0.5, 0.6) is 0 Å². The first-order chi connectivity index (χ1) is 19.9. The number of carbonyl (C=O) groups is 2. The van der Waals surface area contributed by atoms with Gasteiger partial charge in [-0.2, -0.15) is 11.8 Å². The molecule has 3 unspecified atom stereocenters. The number of hydrogen-bond acceptors (Lipinski definition) is 7. The Balaban J connectivity index is 1.42. The predicted molar refractivity (Wildman–Crippen MR) is 158 cm³/mol. The first-order valence-corrected chi connectivity index (χ1v) is 15.0. The van der Waals surface area contributed by atoms with E-state index in [0.717, 1.165) is 39.1 Å². The number of carbonyl (C=O) groups excluding carboxylic acids is 1. The number of rotatable bonds is 14. The smallest absolute Gasteiger partial charge is 0.303 e. The maximum Gasteiger partial charge on any atom is 0.303 e. The Kier molecular flexibility index (Phi) is 11.8. The van der Waals surface area contributed by atoms with Gasteiger partial charge in [0.1, 0.15) is 0 Å². The molecule has 9 heteroatoms. The summed E-state index contributed by atoms with van der Waals surface area (Å²) < 4.78 is 12.8. The number of aliphatic hydroxyl groups is 2. The number of carboxylic acid groups (broad SMARTS) is 1. The van der Waals surface area contributed by atoms with E-state index in [9.17, 15) is 19.8 Å². The topological polar surface area (TPSA) is 125 Å². The summed E-state index contributed by atoms with van der Waals surface area (Å²) in [5, 5.41) is 30.2. The predicted octanol–water partition coefficient (Wildman–Crippen LogP) is 4.99. The van der Waals surface area contributed by atoms with Crippen molar-refractivity contribution < 1.29 is 34.4 Å². The third-order valence-electron chi connectivity index (χ3n) is 6.88. The van der Waals surface area contributed by atoms with E-state index in [1.54, 1.807) is 11.8 Å². The van der Waals surface area contributed by atoms with Gasteiger partial charge in [0, 0.05) is 42.9 Å². The molecular weight excluding hydrogens is 542 g/mol. The summed E-state index contributed by atoms with van der Waals surface area (Å²) >= 11 is 1.66. The van der Waals surface area contributed by atoms with E-state index in [2.05, 4.69) is 5.32 Å². The molecule has 0 radical (unpaired) electrons. The van der Waals surface area contributed by atoms with Gasteiger partial charge in [0.15, 0.2) is 6.29 Å². The monoisotopic (exact) mass is 579 g/mol. The van der Waals surface area contributed by atoms with Gasteiger partial charge in [-0.25, -0.2) is 0 Å². The Morgan fingerprint density at radius 1 is 0.878 bits per heavy atom. The Morgan fingerprint density at radius 3 is 2.34 bits per heavy atom. The summed E-state index contributed by atoms with van der Waals surface area (Å²) in [6, 6.07) is 23.8. The summed E-state index contributed by atoms with van der Waals surface area (Å²) in [7, 11) is 0. The van der Waals surface area contributed by atoms with Crippen molar-refractivity contribution in [2.45, 2.75) is 57.3 Å². The summed E-state index contributed by atoms with van der Waals surface area (Å²) in [5.41, 5.74) is 5.79. The molecule has 3 atom stereocenters. The van der Waals surface area contributed by atoms with Crippen LogP contribution in [0.2, 0.25) is 0 Å². The molecule has 3 aromatic carbocycles. The normalized spacial score (nSPS) is 18.6. The van der Waals surface area contributed by atoms with Gasteiger partial charge in [-0.05, 0) is 40.3 Å². The highest BCUT2D eigenvalue weighted by molar-refractivity contribution is 7.99. The van der Waals surface area contributed by atoms with Crippen molar-refractivity contribution in [1.82, 2.24) is 5.32 Å². The fourth-order valence-electron chi connectivity index (χ4n) is 4.68. The molecule has 41 heavy (non-hydrogen) atoms. The molecular formula is C32H37NO7S. The number of benzene rings is 3. The lowest BCUT2D eigenvalue weighted by atomic mass is 9.99. The highest BCUT2D eigenvalue weighted by atomic mass is 32.2. The van der Waals surface area contributed by atoms with Gasteiger partial charge in [0.05, 0.1) is 25.4 Å². The minimum Gasteiger partial charge on any atom is -0.481 e. The SMILES string of the molecule is O=C(O)CCCC(=O)NCc1cccc(-c2ccc(C3OC(CSCCO)CC(c4ccc(CO)cc4)O3)cc2)c1. The minimum absolute atomic E-state index is 0.00352. The van der Waals surface area contributed by atoms with Crippen LogP contribution < -0.4 is 5.32 Å². The van der Waals surface area contributed by atoms with Crippen LogP contribution in [0.3, 0.4) is 0 Å². The number of hydrogen-bond donors (Lipinski definition) is 4. The number of thioether (sulfide) groups is 1. The highest BCUT2D eigenvalue weighted by Crippen LogP contribution is 2.39. The van der Waals surface area contributed by atoms with Crippen LogP contribution in [0.1, 0.15) is 60.3 Å². The zero-order chi connectivity index (χ0) is 29.0. The lowest BCUT2D eigenvalue weighted by Crippen LogP contribution is -2.31. The lowest BCUT2D eigenvalue weighted by Gasteiger charge is -2.36. The molecule has 3 aromatic rings. The highest BCUT2D eigenvalue weighted by Gasteiger charge is 2.32. The Morgan fingerprint density at radius 2 is 1.63 bits per heavy atom. The number of nitrogens with one attached hydrogen (secondary N) is 1. The fraction of sp³-hybridized carbons (Fsp3) is 0.375. The van der Waals surface area contributed by atoms with Crippen LogP contribution in [0.15, 0.2) is 72.8 Å². The molecule has 1 fully saturated rings. The van der Waals surface area contributed by atoms with Crippen LogP contribution in [-0.2, 0) is 32.2 Å². The number of aliphatic carboxylic acids is 1. The molecule has 0 bridgehead atoms. The molecule has 1 saturated heterocycles. The van der Waals surface area contributed by atoms with Crippen molar-refractivity contribution in [2.75, 3.05) is 18.1 Å². The van der Waals surface area contributed by atoms with Crippen molar-refractivity contribution in [3.05, 3.63) is 95.1 Å². The van der Waals surface area contributed by atoms with Gasteiger partial charge in [-0.15, -0.1) is 0 Å². The standard InChI is InChI=1S/C32H37NO7S/c34-15-16-41-21-28-18-29(25-9-7-22(20-35)8-10-25)40-32(39-28)26-13-11-24(12-14-26)27-4-1-3-23(17-27)19-33-30(36)5-2-6-31(37)38/h1,3-4,7-14,17,28-29,32,34-35H,2,5-6,15-16,18-21H2,(H,33,36)(H,37,38). The molecule has 1 amide bonds. The van der Waals surface area contributed by atoms with Crippen LogP contribution in [0.4, 0.5) is 0 Å². The third-order valence-corrected chi connectivity index (χ3v) is 7.96. The Labute approximate surface area is 244 Å². The Bertz CT molecular complexity index is 1270. The first kappa shape index (κ1) is 30.7. The molecule has 4 rings (SSSR count). The van der Waals surface area contributed by atoms with Gasteiger partial charge in [-0.3, -0.25) is 9.59 Å². The van der Waals surface area contributed by atoms with E-state index in [1.165, 1.54) is 0 Å². The van der Waals surface area contributed by atoms with E-state index in [4.69, 9.17) is 14.6 Å². The van der Waals surface area contributed by atoms with E-state index < -0.39 is 12.3 Å². The van der Waals surface area contributed by atoms with Crippen molar-refractivity contribution in [3.63, 3.8) is 0 Å². The second kappa shape index (κ2) is 15.7. The molecule has 0 aromatic heterocycles. The second-order valence-corrected chi connectivity index (χ2v) is 11.1. The van der Waals surface area contributed by atoms with Crippen molar-refractivity contribution in [1.29, 1.82) is 0 Å². The summed E-state index contributed by atoms with van der Waals surface area (Å²) in [6.45, 7) is 0.500. The zero-order valence-electron chi connectivity index (χ0n) is 22.9. The number of aliphatic hydroxyl groups excluding tert-OH is 2. The van der Waals surface area contributed by atoms with E-state index in [1.807, 2.05) is 72.8 Å². The number of ether oxygens (including phenoxy) is 2. The van der Waals surface area contributed by atoms with Crippen molar-refractivity contribution in [3.8, 4) is 11.1 Å². The molecule has 4 N–H and O–H groups in total. The second-order valence-electron chi connectivity index (χ2n) is 10.00.